The summed E-state index contributed by atoms with van der Waals surface area (Å²) in [7, 11) is 1.46. The number of methoxy groups -OCH3 is 1. The van der Waals surface area contributed by atoms with Crippen LogP contribution in [0.1, 0.15) is 6.42 Å². The maximum Gasteiger partial charge on any atom is 0.327 e. The van der Waals surface area contributed by atoms with Crippen LogP contribution in [-0.4, -0.2) is 30.3 Å². The number of carbonyl (C=O) groups excluding carboxylic acids is 1. The summed E-state index contributed by atoms with van der Waals surface area (Å²) < 4.78 is 5.83. The van der Waals surface area contributed by atoms with E-state index in [1.165, 1.54) is 7.11 Å². The van der Waals surface area contributed by atoms with Gasteiger partial charge in [-0.1, -0.05) is 15.9 Å². The molecule has 3 N–H and O–H groups in total. The number of carboxylic acids is 1. The standard InChI is InChI=1S/C13H13BrN2O4/c1-3-4-9(12(17)18)15-13(19)16-10-7-8(14)5-6-11(10)20-2/h1,5-7,9H,4H2,2H3,(H,17,18)(H2,15,16,19). The average molecular weight is 341 g/mol. The van der Waals surface area contributed by atoms with Crippen LogP contribution in [0.25, 0.3) is 0 Å². The predicted molar refractivity (Wildman–Crippen MR) is 77.7 cm³/mol. The Morgan fingerprint density at radius 2 is 2.25 bits per heavy atom. The number of ether oxygens (including phenoxy) is 1. The molecule has 20 heavy (non-hydrogen) atoms. The predicted octanol–water partition coefficient (Wildman–Crippen LogP) is 2.06. The number of hydrogen-bond donors (Lipinski definition) is 3. The van der Waals surface area contributed by atoms with Gasteiger partial charge in [-0.2, -0.15) is 0 Å². The molecule has 0 aliphatic rings. The minimum Gasteiger partial charge on any atom is -0.495 e. The molecule has 6 nitrogen and oxygen atoms in total. The SMILES string of the molecule is C#CCC(NC(=O)Nc1cc(Br)ccc1OC)C(=O)O. The molecule has 1 unspecified atom stereocenters. The summed E-state index contributed by atoms with van der Waals surface area (Å²) in [5.41, 5.74) is 0.407. The van der Waals surface area contributed by atoms with E-state index < -0.39 is 18.0 Å². The van der Waals surface area contributed by atoms with Gasteiger partial charge in [0.25, 0.3) is 0 Å². The number of carbonyl (C=O) groups is 2. The maximum atomic E-state index is 11.8. The lowest BCUT2D eigenvalue weighted by Crippen LogP contribution is -2.42. The molecule has 1 rings (SSSR count). The Morgan fingerprint density at radius 1 is 1.55 bits per heavy atom. The summed E-state index contributed by atoms with van der Waals surface area (Å²) in [6, 6.07) is 3.23. The van der Waals surface area contributed by atoms with Gasteiger partial charge >= 0.3 is 12.0 Å². The lowest BCUT2D eigenvalue weighted by atomic mass is 10.2. The van der Waals surface area contributed by atoms with Crippen molar-refractivity contribution in [2.24, 2.45) is 0 Å². The molecule has 0 aliphatic heterocycles. The van der Waals surface area contributed by atoms with E-state index in [1.54, 1.807) is 18.2 Å². The van der Waals surface area contributed by atoms with Crippen molar-refractivity contribution in [3.63, 3.8) is 0 Å². The molecule has 2 amide bonds. The Balaban J connectivity index is 2.78. The molecule has 0 saturated heterocycles. The van der Waals surface area contributed by atoms with Gasteiger partial charge in [0.1, 0.15) is 11.8 Å². The van der Waals surface area contributed by atoms with Crippen LogP contribution in [0.4, 0.5) is 10.5 Å². The summed E-state index contributed by atoms with van der Waals surface area (Å²) in [6.45, 7) is 0. The Hall–Kier alpha value is -2.20. The maximum absolute atomic E-state index is 11.8. The van der Waals surface area contributed by atoms with Crippen molar-refractivity contribution < 1.29 is 19.4 Å². The number of terminal acetylenes is 1. The molecule has 0 aliphatic carbocycles. The monoisotopic (exact) mass is 340 g/mol. The van der Waals surface area contributed by atoms with Crippen LogP contribution in [0.15, 0.2) is 22.7 Å². The number of anilines is 1. The van der Waals surface area contributed by atoms with Crippen molar-refractivity contribution >= 4 is 33.6 Å². The second-order valence-corrected chi connectivity index (χ2v) is 4.66. The normalized spacial score (nSPS) is 11.1. The van der Waals surface area contributed by atoms with E-state index in [-0.39, 0.29) is 6.42 Å². The van der Waals surface area contributed by atoms with E-state index in [2.05, 4.69) is 32.5 Å². The topological polar surface area (TPSA) is 87.7 Å². The van der Waals surface area contributed by atoms with Crippen molar-refractivity contribution in [2.45, 2.75) is 12.5 Å². The van der Waals surface area contributed by atoms with Crippen molar-refractivity contribution in [2.75, 3.05) is 12.4 Å². The van der Waals surface area contributed by atoms with E-state index in [9.17, 15) is 9.59 Å². The summed E-state index contributed by atoms with van der Waals surface area (Å²) in [4.78, 5) is 22.6. The van der Waals surface area contributed by atoms with Crippen LogP contribution >= 0.6 is 15.9 Å². The molecule has 1 aromatic carbocycles. The number of hydrogen-bond acceptors (Lipinski definition) is 3. The zero-order valence-electron chi connectivity index (χ0n) is 10.6. The number of benzene rings is 1. The third kappa shape index (κ3) is 4.48. The minimum atomic E-state index is -1.20. The molecule has 1 atom stereocenters. The van der Waals surface area contributed by atoms with Gasteiger partial charge in [0, 0.05) is 10.9 Å². The first-order valence-corrected chi connectivity index (χ1v) is 6.34. The summed E-state index contributed by atoms with van der Waals surface area (Å²) >= 11 is 3.27. The molecule has 0 fully saturated rings. The van der Waals surface area contributed by atoms with Crippen molar-refractivity contribution in [1.29, 1.82) is 0 Å². The zero-order chi connectivity index (χ0) is 15.1. The number of nitrogens with one attached hydrogen (secondary N) is 2. The number of urea groups is 1. The Labute approximate surface area is 124 Å². The minimum absolute atomic E-state index is 0.0988. The van der Waals surface area contributed by atoms with Gasteiger partial charge in [0.2, 0.25) is 0 Å². The highest BCUT2D eigenvalue weighted by molar-refractivity contribution is 9.10. The van der Waals surface area contributed by atoms with Crippen LogP contribution in [0, 0.1) is 12.3 Å². The van der Waals surface area contributed by atoms with Crippen LogP contribution < -0.4 is 15.4 Å². The molecular weight excluding hydrogens is 328 g/mol. The fourth-order valence-corrected chi connectivity index (χ4v) is 1.77. The number of halogens is 1. The van der Waals surface area contributed by atoms with Crippen LogP contribution in [-0.2, 0) is 4.79 Å². The molecule has 0 spiro atoms. The van der Waals surface area contributed by atoms with Gasteiger partial charge < -0.3 is 20.5 Å². The van der Waals surface area contributed by atoms with Crippen molar-refractivity contribution in [1.82, 2.24) is 5.32 Å². The van der Waals surface area contributed by atoms with Crippen LogP contribution in [0.3, 0.4) is 0 Å². The average Bonchev–Trinajstić information content (AvgIpc) is 2.38. The van der Waals surface area contributed by atoms with Crippen molar-refractivity contribution in [3.8, 4) is 18.1 Å². The highest BCUT2D eigenvalue weighted by atomic mass is 79.9. The molecule has 7 heteroatoms. The Morgan fingerprint density at radius 3 is 2.80 bits per heavy atom. The van der Waals surface area contributed by atoms with Crippen molar-refractivity contribution in [3.05, 3.63) is 22.7 Å². The number of aliphatic carboxylic acids is 1. The molecule has 0 radical (unpaired) electrons. The van der Waals surface area contributed by atoms with Crippen LogP contribution in [0.5, 0.6) is 5.75 Å². The zero-order valence-corrected chi connectivity index (χ0v) is 12.2. The van der Waals surface area contributed by atoms with E-state index in [0.717, 1.165) is 4.47 Å². The number of carboxylic acid groups (broad SMARTS) is 1. The fraction of sp³-hybridized carbons (Fsp3) is 0.231. The summed E-state index contributed by atoms with van der Waals surface area (Å²) in [5.74, 6) is 1.45. The van der Waals surface area contributed by atoms with Crippen LogP contribution in [0.2, 0.25) is 0 Å². The highest BCUT2D eigenvalue weighted by Crippen LogP contribution is 2.27. The molecule has 0 saturated carbocycles. The molecule has 0 heterocycles. The van der Waals surface area contributed by atoms with E-state index in [1.807, 2.05) is 0 Å². The fourth-order valence-electron chi connectivity index (χ4n) is 1.41. The third-order valence-corrected chi connectivity index (χ3v) is 2.83. The largest absolute Gasteiger partial charge is 0.495 e. The molecule has 106 valence electrons. The summed E-state index contributed by atoms with van der Waals surface area (Å²) in [6.07, 6.45) is 4.95. The first-order chi connectivity index (χ1) is 9.47. The molecular formula is C13H13BrN2O4. The summed E-state index contributed by atoms with van der Waals surface area (Å²) in [5, 5.41) is 13.7. The van der Waals surface area contributed by atoms with Gasteiger partial charge in [0.05, 0.1) is 12.8 Å². The molecule has 0 aromatic heterocycles. The second-order valence-electron chi connectivity index (χ2n) is 3.74. The van der Waals surface area contributed by atoms with E-state index in [4.69, 9.17) is 16.3 Å². The quantitative estimate of drug-likeness (QED) is 0.716. The first-order valence-electron chi connectivity index (χ1n) is 5.55. The number of rotatable bonds is 5. The Kier molecular flexibility index (Phi) is 5.87. The first kappa shape index (κ1) is 15.9. The smallest absolute Gasteiger partial charge is 0.327 e. The van der Waals surface area contributed by atoms with Gasteiger partial charge in [0.15, 0.2) is 0 Å². The van der Waals surface area contributed by atoms with Gasteiger partial charge in [-0.15, -0.1) is 12.3 Å². The lowest BCUT2D eigenvalue weighted by Gasteiger charge is -2.14. The highest BCUT2D eigenvalue weighted by Gasteiger charge is 2.19. The van der Waals surface area contributed by atoms with Gasteiger partial charge in [-0.05, 0) is 18.2 Å². The molecule has 1 aromatic rings. The lowest BCUT2D eigenvalue weighted by molar-refractivity contribution is -0.139. The Bertz CT molecular complexity index is 554. The molecule has 0 bridgehead atoms. The van der Waals surface area contributed by atoms with E-state index >= 15 is 0 Å². The number of amides is 2. The second kappa shape index (κ2) is 7.40. The van der Waals surface area contributed by atoms with Gasteiger partial charge in [-0.25, -0.2) is 9.59 Å². The van der Waals surface area contributed by atoms with Gasteiger partial charge in [-0.3, -0.25) is 0 Å². The third-order valence-electron chi connectivity index (χ3n) is 2.34. The van der Waals surface area contributed by atoms with E-state index in [0.29, 0.717) is 11.4 Å².